The molecule has 0 spiro atoms. The summed E-state index contributed by atoms with van der Waals surface area (Å²) in [6, 6.07) is 8.13. The summed E-state index contributed by atoms with van der Waals surface area (Å²) < 4.78 is 26.2. The van der Waals surface area contributed by atoms with Gasteiger partial charge in [-0.05, 0) is 42.8 Å². The lowest BCUT2D eigenvalue weighted by Gasteiger charge is -2.17. The van der Waals surface area contributed by atoms with Gasteiger partial charge in [0.2, 0.25) is 0 Å². The van der Waals surface area contributed by atoms with E-state index in [-0.39, 0.29) is 6.04 Å². The van der Waals surface area contributed by atoms with E-state index in [0.29, 0.717) is 15.7 Å². The largest absolute Gasteiger partial charge is 0.378 e. The van der Waals surface area contributed by atoms with E-state index in [1.807, 2.05) is 6.92 Å². The van der Waals surface area contributed by atoms with Gasteiger partial charge in [-0.2, -0.15) is 0 Å². The fraction of sp³-hybridized carbons (Fsp3) is 0.143. The first-order chi connectivity index (χ1) is 8.95. The van der Waals surface area contributed by atoms with Crippen LogP contribution in [0.5, 0.6) is 0 Å². The van der Waals surface area contributed by atoms with Crippen LogP contribution in [-0.4, -0.2) is 0 Å². The Balaban J connectivity index is 2.22. The van der Waals surface area contributed by atoms with Crippen LogP contribution in [0.1, 0.15) is 18.5 Å². The summed E-state index contributed by atoms with van der Waals surface area (Å²) in [5.74, 6) is -0.817. The molecule has 0 heterocycles. The van der Waals surface area contributed by atoms with Gasteiger partial charge in [0.25, 0.3) is 0 Å². The van der Waals surface area contributed by atoms with Crippen LogP contribution in [0.25, 0.3) is 0 Å². The molecule has 0 amide bonds. The molecule has 0 saturated heterocycles. The summed E-state index contributed by atoms with van der Waals surface area (Å²) in [7, 11) is 0. The van der Waals surface area contributed by atoms with Gasteiger partial charge in [-0.1, -0.05) is 29.3 Å². The van der Waals surface area contributed by atoms with Crippen LogP contribution in [0.4, 0.5) is 14.5 Å². The van der Waals surface area contributed by atoms with E-state index in [0.717, 1.165) is 5.56 Å². The molecule has 1 unspecified atom stereocenters. The average Bonchev–Trinajstić information content (AvgIpc) is 2.26. The highest BCUT2D eigenvalue weighted by Gasteiger charge is 2.11. The van der Waals surface area contributed by atoms with Crippen molar-refractivity contribution in [3.8, 4) is 0 Å². The average molecular weight is 302 g/mol. The Morgan fingerprint density at radius 1 is 1.00 bits per heavy atom. The smallest absolute Gasteiger partial charge is 0.126 e. The van der Waals surface area contributed by atoms with E-state index < -0.39 is 11.6 Å². The second-order valence-electron chi connectivity index (χ2n) is 4.19. The summed E-state index contributed by atoms with van der Waals surface area (Å²) in [6.45, 7) is 1.85. The third kappa shape index (κ3) is 3.58. The summed E-state index contributed by atoms with van der Waals surface area (Å²) in [5.41, 5.74) is 1.27. The number of rotatable bonds is 3. The Morgan fingerprint density at radius 3 is 2.37 bits per heavy atom. The first-order valence-corrected chi connectivity index (χ1v) is 6.39. The van der Waals surface area contributed by atoms with Gasteiger partial charge in [0.15, 0.2) is 0 Å². The van der Waals surface area contributed by atoms with E-state index in [1.54, 1.807) is 12.1 Å². The van der Waals surface area contributed by atoms with Crippen molar-refractivity contribution < 1.29 is 8.78 Å². The van der Waals surface area contributed by atoms with E-state index in [1.165, 1.54) is 24.3 Å². The number of benzene rings is 2. The van der Waals surface area contributed by atoms with Crippen molar-refractivity contribution in [3.63, 3.8) is 0 Å². The van der Waals surface area contributed by atoms with Crippen molar-refractivity contribution in [2.45, 2.75) is 13.0 Å². The predicted octanol–water partition coefficient (Wildman–Crippen LogP) is 5.44. The molecule has 0 aliphatic rings. The summed E-state index contributed by atoms with van der Waals surface area (Å²) in [4.78, 5) is 0. The normalized spacial score (nSPS) is 12.3. The van der Waals surface area contributed by atoms with Crippen LogP contribution < -0.4 is 5.32 Å². The highest BCUT2D eigenvalue weighted by atomic mass is 35.5. The topological polar surface area (TPSA) is 12.0 Å². The van der Waals surface area contributed by atoms with E-state index >= 15 is 0 Å². The van der Waals surface area contributed by atoms with Crippen LogP contribution in [0.15, 0.2) is 36.4 Å². The number of halogens is 4. The van der Waals surface area contributed by atoms with Crippen LogP contribution in [0.3, 0.4) is 0 Å². The van der Waals surface area contributed by atoms with Crippen LogP contribution in [0.2, 0.25) is 10.0 Å². The molecular formula is C14H11Cl2F2N. The van der Waals surface area contributed by atoms with E-state index in [2.05, 4.69) is 5.32 Å². The molecule has 0 bridgehead atoms. The molecule has 2 aromatic rings. The van der Waals surface area contributed by atoms with Crippen molar-refractivity contribution in [1.82, 2.24) is 0 Å². The first-order valence-electron chi connectivity index (χ1n) is 5.63. The Kier molecular flexibility index (Phi) is 4.27. The van der Waals surface area contributed by atoms with Crippen molar-refractivity contribution in [1.29, 1.82) is 0 Å². The zero-order chi connectivity index (χ0) is 14.0. The third-order valence-electron chi connectivity index (χ3n) is 2.67. The minimum atomic E-state index is -0.424. The zero-order valence-corrected chi connectivity index (χ0v) is 11.6. The van der Waals surface area contributed by atoms with Crippen molar-refractivity contribution in [2.24, 2.45) is 0 Å². The minimum absolute atomic E-state index is 0.203. The zero-order valence-electron chi connectivity index (χ0n) is 10.1. The number of hydrogen-bond acceptors (Lipinski definition) is 1. The monoisotopic (exact) mass is 301 g/mol. The maximum atomic E-state index is 13.2. The van der Waals surface area contributed by atoms with Gasteiger partial charge in [-0.15, -0.1) is 0 Å². The van der Waals surface area contributed by atoms with Gasteiger partial charge in [-0.25, -0.2) is 8.78 Å². The quantitative estimate of drug-likeness (QED) is 0.795. The Hall–Kier alpha value is -1.32. The van der Waals surface area contributed by atoms with Crippen LogP contribution in [-0.2, 0) is 0 Å². The van der Waals surface area contributed by atoms with Crippen molar-refractivity contribution in [3.05, 3.63) is 63.6 Å². The predicted molar refractivity (Wildman–Crippen MR) is 74.9 cm³/mol. The lowest BCUT2D eigenvalue weighted by Crippen LogP contribution is -2.07. The molecular weight excluding hydrogens is 291 g/mol. The molecule has 1 atom stereocenters. The molecule has 0 saturated carbocycles. The Labute approximate surface area is 120 Å². The van der Waals surface area contributed by atoms with Gasteiger partial charge in [-0.3, -0.25) is 0 Å². The molecule has 0 fully saturated rings. The van der Waals surface area contributed by atoms with Gasteiger partial charge in [0, 0.05) is 21.8 Å². The SMILES string of the molecule is CC(Nc1cc(F)cc(Cl)c1)c1ccc(F)cc1Cl. The second-order valence-corrected chi connectivity index (χ2v) is 5.03. The van der Waals surface area contributed by atoms with Gasteiger partial charge in [0.1, 0.15) is 11.6 Å². The van der Waals surface area contributed by atoms with Crippen molar-refractivity contribution >= 4 is 28.9 Å². The van der Waals surface area contributed by atoms with Gasteiger partial charge >= 0.3 is 0 Å². The molecule has 0 aliphatic heterocycles. The Bertz CT molecular complexity index is 582. The summed E-state index contributed by atoms with van der Waals surface area (Å²) in [5, 5.41) is 3.70. The van der Waals surface area contributed by atoms with Gasteiger partial charge < -0.3 is 5.32 Å². The number of hydrogen-bond donors (Lipinski definition) is 1. The van der Waals surface area contributed by atoms with E-state index in [4.69, 9.17) is 23.2 Å². The highest BCUT2D eigenvalue weighted by molar-refractivity contribution is 6.31. The maximum Gasteiger partial charge on any atom is 0.126 e. The molecule has 0 aliphatic carbocycles. The fourth-order valence-electron chi connectivity index (χ4n) is 1.82. The van der Waals surface area contributed by atoms with E-state index in [9.17, 15) is 8.78 Å². The summed E-state index contributed by atoms with van der Waals surface area (Å²) in [6.07, 6.45) is 0. The minimum Gasteiger partial charge on any atom is -0.378 e. The number of nitrogens with one attached hydrogen (secondary N) is 1. The molecule has 2 rings (SSSR count). The fourth-order valence-corrected chi connectivity index (χ4v) is 2.37. The van der Waals surface area contributed by atoms with Crippen molar-refractivity contribution in [2.75, 3.05) is 5.32 Å². The molecule has 19 heavy (non-hydrogen) atoms. The Morgan fingerprint density at radius 2 is 1.74 bits per heavy atom. The second kappa shape index (κ2) is 5.76. The van der Waals surface area contributed by atoms with Crippen LogP contribution in [0, 0.1) is 11.6 Å². The summed E-state index contributed by atoms with van der Waals surface area (Å²) >= 11 is 11.7. The molecule has 100 valence electrons. The highest BCUT2D eigenvalue weighted by Crippen LogP contribution is 2.28. The lowest BCUT2D eigenvalue weighted by atomic mass is 10.1. The number of anilines is 1. The molecule has 0 radical (unpaired) electrons. The van der Waals surface area contributed by atoms with Crippen LogP contribution >= 0.6 is 23.2 Å². The molecule has 1 nitrogen and oxygen atoms in total. The standard InChI is InChI=1S/C14H11Cl2F2N/c1-8(13-3-2-10(17)7-14(13)16)19-12-5-9(15)4-11(18)6-12/h2-8,19H,1H3. The maximum absolute atomic E-state index is 13.2. The molecule has 0 aromatic heterocycles. The molecule has 2 aromatic carbocycles. The third-order valence-corrected chi connectivity index (χ3v) is 3.22. The van der Waals surface area contributed by atoms with Gasteiger partial charge in [0.05, 0.1) is 0 Å². The molecule has 1 N–H and O–H groups in total. The first kappa shape index (κ1) is 14.1. The lowest BCUT2D eigenvalue weighted by molar-refractivity contribution is 0.626. The molecule has 5 heteroatoms.